The summed E-state index contributed by atoms with van der Waals surface area (Å²) in [6.45, 7) is 1.63. The number of sulfonamides is 1. The number of benzene rings is 2. The van der Waals surface area contributed by atoms with Crippen molar-refractivity contribution in [1.82, 2.24) is 13.9 Å². The van der Waals surface area contributed by atoms with Crippen molar-refractivity contribution in [1.29, 1.82) is 0 Å². The summed E-state index contributed by atoms with van der Waals surface area (Å²) >= 11 is 6.32. The van der Waals surface area contributed by atoms with Crippen LogP contribution < -0.4 is 10.9 Å². The molecule has 1 saturated heterocycles. The Hall–Kier alpha value is -2.75. The average molecular weight is 529 g/mol. The number of amides is 1. The lowest BCUT2D eigenvalue weighted by molar-refractivity contribution is 0.102. The first-order chi connectivity index (χ1) is 17.3. The molecule has 3 aromatic rings. The van der Waals surface area contributed by atoms with Crippen LogP contribution in [0, 0.1) is 0 Å². The maximum Gasteiger partial charge on any atom is 0.261 e. The molecule has 3 heterocycles. The van der Waals surface area contributed by atoms with Crippen LogP contribution in [0.15, 0.2) is 46.1 Å². The Bertz CT molecular complexity index is 1480. The minimum atomic E-state index is -3.69. The van der Waals surface area contributed by atoms with Crippen molar-refractivity contribution < 1.29 is 13.2 Å². The SMILES string of the molecule is O=C(Nc1cc(S(=O)(=O)N2CCCCCC2)ccc1Cl)c1ccc2c(=O)n3c(nc2c1)CCCCC3. The fourth-order valence-corrected chi connectivity index (χ4v) is 6.65. The summed E-state index contributed by atoms with van der Waals surface area (Å²) < 4.78 is 29.7. The van der Waals surface area contributed by atoms with Crippen molar-refractivity contribution in [2.45, 2.75) is 62.8 Å². The van der Waals surface area contributed by atoms with Gasteiger partial charge >= 0.3 is 0 Å². The van der Waals surface area contributed by atoms with E-state index in [4.69, 9.17) is 11.6 Å². The van der Waals surface area contributed by atoms with Gasteiger partial charge in [-0.3, -0.25) is 14.2 Å². The van der Waals surface area contributed by atoms with E-state index in [1.54, 1.807) is 22.8 Å². The second-order valence-electron chi connectivity index (χ2n) is 9.44. The minimum absolute atomic E-state index is 0.0849. The van der Waals surface area contributed by atoms with Gasteiger partial charge in [-0.2, -0.15) is 4.31 Å². The number of hydrogen-bond donors (Lipinski definition) is 1. The van der Waals surface area contributed by atoms with Crippen molar-refractivity contribution in [2.75, 3.05) is 18.4 Å². The molecule has 0 unspecified atom stereocenters. The monoisotopic (exact) mass is 528 g/mol. The van der Waals surface area contributed by atoms with Crippen LogP contribution in [0.2, 0.25) is 5.02 Å². The third-order valence-electron chi connectivity index (χ3n) is 6.97. The molecule has 0 bridgehead atoms. The molecule has 0 spiro atoms. The molecule has 36 heavy (non-hydrogen) atoms. The van der Waals surface area contributed by atoms with E-state index in [0.717, 1.165) is 57.2 Å². The van der Waals surface area contributed by atoms with E-state index in [-0.39, 0.29) is 21.2 Å². The highest BCUT2D eigenvalue weighted by molar-refractivity contribution is 7.89. The van der Waals surface area contributed by atoms with Crippen LogP contribution in [0.25, 0.3) is 10.9 Å². The predicted molar refractivity (Wildman–Crippen MR) is 140 cm³/mol. The number of hydrogen-bond acceptors (Lipinski definition) is 5. The molecule has 1 amide bonds. The number of nitrogens with zero attached hydrogens (tertiary/aromatic N) is 3. The summed E-state index contributed by atoms with van der Waals surface area (Å²) in [5.74, 6) is 0.289. The predicted octanol–water partition coefficient (Wildman–Crippen LogP) is 4.59. The molecule has 2 aliphatic heterocycles. The lowest BCUT2D eigenvalue weighted by Crippen LogP contribution is -2.32. The Labute approximate surface area is 215 Å². The smallest absolute Gasteiger partial charge is 0.261 e. The fraction of sp³-hybridized carbons (Fsp3) is 0.423. The second-order valence-corrected chi connectivity index (χ2v) is 11.8. The summed E-state index contributed by atoms with van der Waals surface area (Å²) in [6, 6.07) is 9.17. The summed E-state index contributed by atoms with van der Waals surface area (Å²) in [5.41, 5.74) is 0.917. The normalized spacial score (nSPS) is 17.2. The molecular weight excluding hydrogens is 500 g/mol. The van der Waals surface area contributed by atoms with Gasteiger partial charge in [-0.05, 0) is 62.1 Å². The highest BCUT2D eigenvalue weighted by Crippen LogP contribution is 2.29. The van der Waals surface area contributed by atoms with E-state index in [1.165, 1.54) is 22.5 Å². The Morgan fingerprint density at radius 2 is 1.64 bits per heavy atom. The number of carbonyl (C=O) groups is 1. The second kappa shape index (κ2) is 10.3. The summed E-state index contributed by atoms with van der Waals surface area (Å²) in [4.78, 5) is 30.9. The summed E-state index contributed by atoms with van der Waals surface area (Å²) in [7, 11) is -3.69. The molecule has 2 aromatic carbocycles. The highest BCUT2D eigenvalue weighted by atomic mass is 35.5. The van der Waals surface area contributed by atoms with Crippen LogP contribution >= 0.6 is 11.6 Å². The molecule has 190 valence electrons. The molecule has 1 aromatic heterocycles. The first-order valence-electron chi connectivity index (χ1n) is 12.5. The van der Waals surface area contributed by atoms with Crippen LogP contribution in [0.4, 0.5) is 5.69 Å². The zero-order chi connectivity index (χ0) is 25.3. The maximum atomic E-state index is 13.2. The molecule has 1 fully saturated rings. The first kappa shape index (κ1) is 24.9. The molecule has 2 aliphatic rings. The van der Waals surface area contributed by atoms with Crippen molar-refractivity contribution >= 4 is 44.1 Å². The zero-order valence-electron chi connectivity index (χ0n) is 20.0. The van der Waals surface area contributed by atoms with E-state index in [0.29, 0.717) is 36.1 Å². The number of anilines is 1. The molecular formula is C26H29ClN4O4S. The van der Waals surface area contributed by atoms with Crippen LogP contribution in [0.3, 0.4) is 0 Å². The molecule has 0 atom stereocenters. The quantitative estimate of drug-likeness (QED) is 0.533. The summed E-state index contributed by atoms with van der Waals surface area (Å²) in [6.07, 6.45) is 7.42. The van der Waals surface area contributed by atoms with Crippen molar-refractivity contribution in [3.63, 3.8) is 0 Å². The number of halogens is 1. The lowest BCUT2D eigenvalue weighted by atomic mass is 10.1. The van der Waals surface area contributed by atoms with Gasteiger partial charge in [-0.1, -0.05) is 30.9 Å². The average Bonchev–Trinajstić information content (AvgIpc) is 3.29. The lowest BCUT2D eigenvalue weighted by Gasteiger charge is -2.20. The van der Waals surface area contributed by atoms with Crippen molar-refractivity contribution in [2.24, 2.45) is 0 Å². The number of nitrogens with one attached hydrogen (secondary N) is 1. The number of rotatable bonds is 4. The van der Waals surface area contributed by atoms with E-state index in [1.807, 2.05) is 0 Å². The minimum Gasteiger partial charge on any atom is -0.321 e. The molecule has 0 aliphatic carbocycles. The van der Waals surface area contributed by atoms with Crippen molar-refractivity contribution in [3.8, 4) is 0 Å². The Morgan fingerprint density at radius 1 is 0.917 bits per heavy atom. The first-order valence-corrected chi connectivity index (χ1v) is 14.3. The largest absolute Gasteiger partial charge is 0.321 e. The molecule has 0 saturated carbocycles. The molecule has 5 rings (SSSR count). The van der Waals surface area contributed by atoms with Gasteiger partial charge in [0.05, 0.1) is 26.5 Å². The molecule has 1 N–H and O–H groups in total. The van der Waals surface area contributed by atoms with E-state index >= 15 is 0 Å². The molecule has 10 heteroatoms. The van der Waals surface area contributed by atoms with Crippen LogP contribution in [0.1, 0.15) is 61.1 Å². The van der Waals surface area contributed by atoms with E-state index < -0.39 is 15.9 Å². The van der Waals surface area contributed by atoms with Crippen molar-refractivity contribution in [3.05, 3.63) is 63.2 Å². The third kappa shape index (κ3) is 4.92. The highest BCUT2D eigenvalue weighted by Gasteiger charge is 2.26. The molecule has 8 nitrogen and oxygen atoms in total. The molecule has 0 radical (unpaired) electrons. The van der Waals surface area contributed by atoms with Crippen LogP contribution in [-0.2, 0) is 23.0 Å². The van der Waals surface area contributed by atoms with Gasteiger partial charge < -0.3 is 5.32 Å². The van der Waals surface area contributed by atoms with Gasteiger partial charge in [0.15, 0.2) is 0 Å². The zero-order valence-corrected chi connectivity index (χ0v) is 21.6. The maximum absolute atomic E-state index is 13.2. The summed E-state index contributed by atoms with van der Waals surface area (Å²) in [5, 5.41) is 3.45. The van der Waals surface area contributed by atoms with Gasteiger partial charge in [0, 0.05) is 31.6 Å². The topological polar surface area (TPSA) is 101 Å². The third-order valence-corrected chi connectivity index (χ3v) is 9.19. The van der Waals surface area contributed by atoms with Gasteiger partial charge in [0.1, 0.15) is 5.82 Å². The van der Waals surface area contributed by atoms with E-state index in [2.05, 4.69) is 10.3 Å². The standard InChI is InChI=1S/C26H29ClN4O4S/c27-21-12-10-19(36(34,35)30-13-5-1-2-6-14-30)17-23(21)29-25(32)18-9-11-20-22(16-18)28-24-8-4-3-7-15-31(24)26(20)33/h9-12,16-17H,1-8,13-15H2,(H,29,32). The van der Waals surface area contributed by atoms with E-state index in [9.17, 15) is 18.0 Å². The van der Waals surface area contributed by atoms with Gasteiger partial charge in [-0.25, -0.2) is 13.4 Å². The fourth-order valence-electron chi connectivity index (χ4n) is 4.95. The Kier molecular flexibility index (Phi) is 7.14. The Balaban J connectivity index is 1.43. The van der Waals surface area contributed by atoms with Gasteiger partial charge in [0.2, 0.25) is 10.0 Å². The number of aryl methyl sites for hydroxylation is 1. The van der Waals surface area contributed by atoms with Crippen LogP contribution in [0.5, 0.6) is 0 Å². The van der Waals surface area contributed by atoms with Gasteiger partial charge in [-0.15, -0.1) is 0 Å². The van der Waals surface area contributed by atoms with Gasteiger partial charge in [0.25, 0.3) is 11.5 Å². The number of carbonyl (C=O) groups excluding carboxylic acids is 1. The van der Waals surface area contributed by atoms with Crippen LogP contribution in [-0.4, -0.2) is 41.3 Å². The number of aromatic nitrogens is 2. The number of fused-ring (bicyclic) bond motifs is 2. The Morgan fingerprint density at radius 3 is 2.42 bits per heavy atom.